The van der Waals surface area contributed by atoms with Crippen molar-refractivity contribution in [1.82, 2.24) is 24.7 Å². The van der Waals surface area contributed by atoms with Crippen LogP contribution in [0.1, 0.15) is 30.1 Å². The molecule has 0 bridgehead atoms. The van der Waals surface area contributed by atoms with E-state index in [-0.39, 0.29) is 0 Å². The molecule has 1 aromatic carbocycles. The summed E-state index contributed by atoms with van der Waals surface area (Å²) in [5, 5.41) is 4.23. The molecule has 3 aromatic heterocycles. The molecule has 0 unspecified atom stereocenters. The predicted molar refractivity (Wildman–Crippen MR) is 109 cm³/mol. The summed E-state index contributed by atoms with van der Waals surface area (Å²) in [6.45, 7) is 2.56. The van der Waals surface area contributed by atoms with E-state index < -0.39 is 0 Å². The fourth-order valence-corrected chi connectivity index (χ4v) is 3.91. The summed E-state index contributed by atoms with van der Waals surface area (Å²) >= 11 is 0. The van der Waals surface area contributed by atoms with Crippen molar-refractivity contribution in [1.29, 1.82) is 0 Å². The molecule has 0 N–H and O–H groups in total. The van der Waals surface area contributed by atoms with Gasteiger partial charge < -0.3 is 14.0 Å². The summed E-state index contributed by atoms with van der Waals surface area (Å²) < 4.78 is 7.73. The van der Waals surface area contributed by atoms with Crippen LogP contribution in [0.15, 0.2) is 71.8 Å². The summed E-state index contributed by atoms with van der Waals surface area (Å²) in [6, 6.07) is 14.0. The van der Waals surface area contributed by atoms with Crippen LogP contribution in [-0.2, 0) is 6.54 Å². The van der Waals surface area contributed by atoms with Gasteiger partial charge in [-0.05, 0) is 47.8 Å². The van der Waals surface area contributed by atoms with E-state index in [9.17, 15) is 0 Å². The SMILES string of the molecule is c1ccc(-c2nc(N3CCC[C@H](c4nccn4Cc4ccncc4)C3)no2)cc1. The van der Waals surface area contributed by atoms with Crippen molar-refractivity contribution in [2.45, 2.75) is 25.3 Å². The highest BCUT2D eigenvalue weighted by molar-refractivity contribution is 5.54. The number of anilines is 1. The summed E-state index contributed by atoms with van der Waals surface area (Å²) in [5.74, 6) is 2.65. The third-order valence-electron chi connectivity index (χ3n) is 5.36. The smallest absolute Gasteiger partial charge is 0.266 e. The van der Waals surface area contributed by atoms with Crippen LogP contribution in [0.25, 0.3) is 11.5 Å². The van der Waals surface area contributed by atoms with Crippen molar-refractivity contribution in [3.63, 3.8) is 0 Å². The number of pyridine rings is 1. The molecule has 0 aliphatic carbocycles. The van der Waals surface area contributed by atoms with E-state index in [4.69, 9.17) is 4.52 Å². The lowest BCUT2D eigenvalue weighted by atomic mass is 9.97. The molecule has 1 atom stereocenters. The third kappa shape index (κ3) is 3.76. The number of imidazole rings is 1. The summed E-state index contributed by atoms with van der Waals surface area (Å²) in [5.41, 5.74) is 2.16. The fourth-order valence-electron chi connectivity index (χ4n) is 3.91. The lowest BCUT2D eigenvalue weighted by molar-refractivity contribution is 0.420. The number of piperidine rings is 1. The van der Waals surface area contributed by atoms with Gasteiger partial charge in [-0.1, -0.05) is 18.2 Å². The lowest BCUT2D eigenvalue weighted by Gasteiger charge is -2.31. The van der Waals surface area contributed by atoms with E-state index in [2.05, 4.69) is 35.8 Å². The van der Waals surface area contributed by atoms with Gasteiger partial charge in [-0.25, -0.2) is 4.98 Å². The van der Waals surface area contributed by atoms with Crippen molar-refractivity contribution in [3.05, 3.63) is 78.6 Å². The number of aromatic nitrogens is 5. The Balaban J connectivity index is 1.33. The number of rotatable bonds is 5. The zero-order valence-corrected chi connectivity index (χ0v) is 16.1. The minimum atomic E-state index is 0.333. The van der Waals surface area contributed by atoms with Gasteiger partial charge in [-0.15, -0.1) is 0 Å². The van der Waals surface area contributed by atoms with Crippen LogP contribution in [0.3, 0.4) is 0 Å². The Labute approximate surface area is 169 Å². The molecule has 7 heteroatoms. The van der Waals surface area contributed by atoms with E-state index in [1.54, 1.807) is 0 Å². The molecule has 1 aliphatic rings. The molecule has 0 amide bonds. The zero-order valence-electron chi connectivity index (χ0n) is 16.1. The Bertz CT molecular complexity index is 1060. The molecule has 4 aromatic rings. The highest BCUT2D eigenvalue weighted by Crippen LogP contribution is 2.29. The minimum absolute atomic E-state index is 0.333. The highest BCUT2D eigenvalue weighted by Gasteiger charge is 2.27. The quantitative estimate of drug-likeness (QED) is 0.520. The molecular formula is C22H22N6O. The van der Waals surface area contributed by atoms with E-state index >= 15 is 0 Å². The van der Waals surface area contributed by atoms with Crippen LogP contribution in [0.4, 0.5) is 5.95 Å². The van der Waals surface area contributed by atoms with Gasteiger partial charge in [0.2, 0.25) is 0 Å². The van der Waals surface area contributed by atoms with E-state index in [0.29, 0.717) is 17.8 Å². The standard InChI is InChI=1S/C22H22N6O/c1-2-5-18(6-3-1)21-25-22(26-29-21)28-13-4-7-19(16-28)20-24-12-14-27(20)15-17-8-10-23-11-9-17/h1-3,5-6,8-12,14,19H,4,7,13,15-16H2/t19-/m0/s1. The van der Waals surface area contributed by atoms with Crippen LogP contribution < -0.4 is 4.90 Å². The molecule has 7 nitrogen and oxygen atoms in total. The molecule has 5 rings (SSSR count). The molecule has 0 saturated carbocycles. The lowest BCUT2D eigenvalue weighted by Crippen LogP contribution is -2.36. The fraction of sp³-hybridized carbons (Fsp3) is 0.273. The second kappa shape index (κ2) is 7.87. The molecule has 1 aliphatic heterocycles. The Morgan fingerprint density at radius 3 is 2.76 bits per heavy atom. The first-order valence-corrected chi connectivity index (χ1v) is 9.91. The maximum absolute atomic E-state index is 5.50. The van der Waals surface area contributed by atoms with Crippen LogP contribution in [-0.4, -0.2) is 37.8 Å². The zero-order chi connectivity index (χ0) is 19.5. The summed E-state index contributed by atoms with van der Waals surface area (Å²) in [6.07, 6.45) is 9.77. The average molecular weight is 386 g/mol. The van der Waals surface area contributed by atoms with E-state index in [0.717, 1.165) is 43.9 Å². The van der Waals surface area contributed by atoms with Gasteiger partial charge in [0.15, 0.2) is 0 Å². The van der Waals surface area contributed by atoms with Gasteiger partial charge in [-0.2, -0.15) is 4.98 Å². The van der Waals surface area contributed by atoms with Crippen molar-refractivity contribution >= 4 is 5.95 Å². The van der Waals surface area contributed by atoms with Crippen LogP contribution in [0.5, 0.6) is 0 Å². The van der Waals surface area contributed by atoms with Crippen LogP contribution in [0, 0.1) is 0 Å². The number of benzene rings is 1. The second-order valence-electron chi connectivity index (χ2n) is 7.32. The van der Waals surface area contributed by atoms with Crippen LogP contribution in [0.2, 0.25) is 0 Å². The molecule has 0 spiro atoms. The van der Waals surface area contributed by atoms with Gasteiger partial charge >= 0.3 is 0 Å². The monoisotopic (exact) mass is 386 g/mol. The van der Waals surface area contributed by atoms with Gasteiger partial charge in [0.1, 0.15) is 5.82 Å². The molecule has 1 saturated heterocycles. The summed E-state index contributed by atoms with van der Waals surface area (Å²) in [7, 11) is 0. The maximum atomic E-state index is 5.50. The van der Waals surface area contributed by atoms with Crippen molar-refractivity contribution < 1.29 is 4.52 Å². The van der Waals surface area contributed by atoms with Crippen LogP contribution >= 0.6 is 0 Å². The first-order chi connectivity index (χ1) is 14.4. The number of hydrogen-bond donors (Lipinski definition) is 0. The Morgan fingerprint density at radius 1 is 1.03 bits per heavy atom. The predicted octanol–water partition coefficient (Wildman–Crippen LogP) is 3.76. The first-order valence-electron chi connectivity index (χ1n) is 9.91. The maximum Gasteiger partial charge on any atom is 0.266 e. The van der Waals surface area contributed by atoms with Gasteiger partial charge in [-0.3, -0.25) is 4.98 Å². The largest absolute Gasteiger partial charge is 0.337 e. The summed E-state index contributed by atoms with van der Waals surface area (Å²) in [4.78, 5) is 15.6. The second-order valence-corrected chi connectivity index (χ2v) is 7.32. The van der Waals surface area contributed by atoms with Crippen molar-refractivity contribution in [3.8, 4) is 11.5 Å². The van der Waals surface area contributed by atoms with Crippen molar-refractivity contribution in [2.24, 2.45) is 0 Å². The Hall–Kier alpha value is -3.48. The molecule has 146 valence electrons. The normalized spacial score (nSPS) is 16.8. The minimum Gasteiger partial charge on any atom is -0.337 e. The molecule has 4 heterocycles. The molecule has 29 heavy (non-hydrogen) atoms. The van der Waals surface area contributed by atoms with E-state index in [1.807, 2.05) is 61.1 Å². The van der Waals surface area contributed by atoms with Gasteiger partial charge in [0.05, 0.1) is 0 Å². The molecular weight excluding hydrogens is 364 g/mol. The highest BCUT2D eigenvalue weighted by atomic mass is 16.5. The molecule has 1 fully saturated rings. The topological polar surface area (TPSA) is 72.9 Å². The average Bonchev–Trinajstić information content (AvgIpc) is 3.45. The first kappa shape index (κ1) is 17.6. The number of nitrogens with zero attached hydrogens (tertiary/aromatic N) is 6. The van der Waals surface area contributed by atoms with E-state index in [1.165, 1.54) is 5.56 Å². The van der Waals surface area contributed by atoms with Gasteiger partial charge in [0.25, 0.3) is 11.8 Å². The Kier molecular flexibility index (Phi) is 4.78. The number of hydrogen-bond acceptors (Lipinski definition) is 6. The Morgan fingerprint density at radius 2 is 1.90 bits per heavy atom. The van der Waals surface area contributed by atoms with Crippen molar-refractivity contribution in [2.75, 3.05) is 18.0 Å². The molecule has 0 radical (unpaired) electrons. The third-order valence-corrected chi connectivity index (χ3v) is 5.36. The van der Waals surface area contributed by atoms with Gasteiger partial charge in [0, 0.05) is 55.9 Å².